The van der Waals surface area contributed by atoms with Crippen LogP contribution in [0.1, 0.15) is 33.5 Å². The number of thiophene rings is 1. The summed E-state index contributed by atoms with van der Waals surface area (Å²) >= 11 is 1.52. The van der Waals surface area contributed by atoms with Gasteiger partial charge < -0.3 is 9.84 Å². The molecule has 0 aliphatic rings. The first-order chi connectivity index (χ1) is 11.1. The monoisotopic (exact) mass is 330 g/mol. The molecule has 0 saturated heterocycles. The lowest BCUT2D eigenvalue weighted by Crippen LogP contribution is -2.04. The van der Waals surface area contributed by atoms with Crippen LogP contribution in [0, 0.1) is 0 Å². The van der Waals surface area contributed by atoms with Crippen molar-refractivity contribution in [2.75, 3.05) is 6.61 Å². The molecule has 1 heterocycles. The summed E-state index contributed by atoms with van der Waals surface area (Å²) < 4.78 is 5.31. The maximum absolute atomic E-state index is 12.1. The van der Waals surface area contributed by atoms with E-state index in [1.54, 1.807) is 24.3 Å². The van der Waals surface area contributed by atoms with Crippen LogP contribution >= 0.6 is 11.3 Å². The SMILES string of the molecule is CCc1ccc(C(=O)/C=C/c2ccc(OCCC(=O)O)cc2)s1. The second-order valence-electron chi connectivity index (χ2n) is 4.88. The molecule has 0 aliphatic carbocycles. The second-order valence-corrected chi connectivity index (χ2v) is 6.05. The van der Waals surface area contributed by atoms with Crippen molar-refractivity contribution in [2.45, 2.75) is 19.8 Å². The molecule has 0 atom stereocenters. The normalized spacial score (nSPS) is 10.8. The zero-order chi connectivity index (χ0) is 16.7. The van der Waals surface area contributed by atoms with E-state index in [0.29, 0.717) is 5.75 Å². The molecular weight excluding hydrogens is 312 g/mol. The minimum atomic E-state index is -0.886. The van der Waals surface area contributed by atoms with Gasteiger partial charge in [-0.1, -0.05) is 25.1 Å². The number of carbonyl (C=O) groups excluding carboxylic acids is 1. The highest BCUT2D eigenvalue weighted by Gasteiger charge is 2.05. The van der Waals surface area contributed by atoms with Crippen molar-refractivity contribution in [2.24, 2.45) is 0 Å². The van der Waals surface area contributed by atoms with Crippen molar-refractivity contribution in [3.05, 3.63) is 57.8 Å². The number of hydrogen-bond acceptors (Lipinski definition) is 4. The number of aliphatic carboxylic acids is 1. The van der Waals surface area contributed by atoms with Gasteiger partial charge in [0.15, 0.2) is 5.78 Å². The molecule has 2 aromatic rings. The van der Waals surface area contributed by atoms with E-state index < -0.39 is 5.97 Å². The topological polar surface area (TPSA) is 63.6 Å². The van der Waals surface area contributed by atoms with Crippen molar-refractivity contribution < 1.29 is 19.4 Å². The van der Waals surface area contributed by atoms with Gasteiger partial charge in [0.1, 0.15) is 5.75 Å². The van der Waals surface area contributed by atoms with Crippen molar-refractivity contribution in [3.8, 4) is 5.75 Å². The Bertz CT molecular complexity index is 698. The van der Waals surface area contributed by atoms with E-state index in [9.17, 15) is 9.59 Å². The Labute approximate surface area is 139 Å². The smallest absolute Gasteiger partial charge is 0.306 e. The van der Waals surface area contributed by atoms with Crippen LogP contribution in [-0.2, 0) is 11.2 Å². The summed E-state index contributed by atoms with van der Waals surface area (Å²) in [6, 6.07) is 11.0. The van der Waals surface area contributed by atoms with Crippen LogP contribution in [0.5, 0.6) is 5.75 Å². The first kappa shape index (κ1) is 17.0. The van der Waals surface area contributed by atoms with E-state index in [0.717, 1.165) is 16.9 Å². The minimum Gasteiger partial charge on any atom is -0.493 e. The van der Waals surface area contributed by atoms with Crippen LogP contribution in [0.3, 0.4) is 0 Å². The largest absolute Gasteiger partial charge is 0.493 e. The summed E-state index contributed by atoms with van der Waals surface area (Å²) in [5.74, 6) is -0.278. The number of hydrogen-bond donors (Lipinski definition) is 1. The van der Waals surface area contributed by atoms with Gasteiger partial charge >= 0.3 is 5.97 Å². The van der Waals surface area contributed by atoms with E-state index in [4.69, 9.17) is 9.84 Å². The van der Waals surface area contributed by atoms with Gasteiger partial charge in [-0.3, -0.25) is 9.59 Å². The number of carbonyl (C=O) groups is 2. The van der Waals surface area contributed by atoms with Crippen molar-refractivity contribution in [1.82, 2.24) is 0 Å². The molecule has 5 heteroatoms. The predicted molar refractivity (Wildman–Crippen MR) is 91.3 cm³/mol. The summed E-state index contributed by atoms with van der Waals surface area (Å²) in [5.41, 5.74) is 0.885. The zero-order valence-corrected chi connectivity index (χ0v) is 13.6. The Balaban J connectivity index is 1.91. The summed E-state index contributed by atoms with van der Waals surface area (Å²) in [7, 11) is 0. The summed E-state index contributed by atoms with van der Waals surface area (Å²) in [6.07, 6.45) is 4.22. The number of aryl methyl sites for hydroxylation is 1. The van der Waals surface area contributed by atoms with Crippen LogP contribution < -0.4 is 4.74 Å². The van der Waals surface area contributed by atoms with Crippen LogP contribution in [0.2, 0.25) is 0 Å². The number of benzene rings is 1. The Morgan fingerprint density at radius 2 is 1.91 bits per heavy atom. The molecular formula is C18H18O4S. The van der Waals surface area contributed by atoms with E-state index >= 15 is 0 Å². The summed E-state index contributed by atoms with van der Waals surface area (Å²) in [5, 5.41) is 8.55. The van der Waals surface area contributed by atoms with Crippen LogP contribution in [0.15, 0.2) is 42.5 Å². The van der Waals surface area contributed by atoms with Gasteiger partial charge in [-0.25, -0.2) is 0 Å². The van der Waals surface area contributed by atoms with Crippen LogP contribution in [-0.4, -0.2) is 23.5 Å². The highest BCUT2D eigenvalue weighted by Crippen LogP contribution is 2.19. The molecule has 1 aromatic carbocycles. The molecule has 0 amide bonds. The molecule has 0 spiro atoms. The molecule has 1 aromatic heterocycles. The third-order valence-corrected chi connectivity index (χ3v) is 4.39. The lowest BCUT2D eigenvalue weighted by molar-refractivity contribution is -0.137. The Hall–Kier alpha value is -2.40. The lowest BCUT2D eigenvalue weighted by atomic mass is 10.2. The summed E-state index contributed by atoms with van der Waals surface area (Å²) in [6.45, 7) is 2.21. The van der Waals surface area contributed by atoms with E-state index in [1.807, 2.05) is 24.3 Å². The van der Waals surface area contributed by atoms with Gasteiger partial charge in [-0.2, -0.15) is 0 Å². The molecule has 0 bridgehead atoms. The number of ketones is 1. The second kappa shape index (κ2) is 8.29. The van der Waals surface area contributed by atoms with Crippen molar-refractivity contribution in [3.63, 3.8) is 0 Å². The molecule has 120 valence electrons. The van der Waals surface area contributed by atoms with E-state index in [-0.39, 0.29) is 18.8 Å². The van der Waals surface area contributed by atoms with E-state index in [1.165, 1.54) is 16.2 Å². The van der Waals surface area contributed by atoms with Crippen molar-refractivity contribution in [1.29, 1.82) is 0 Å². The number of carboxylic acids is 1. The third kappa shape index (κ3) is 5.38. The first-order valence-electron chi connectivity index (χ1n) is 7.34. The van der Waals surface area contributed by atoms with Crippen molar-refractivity contribution >= 4 is 29.2 Å². The summed E-state index contributed by atoms with van der Waals surface area (Å²) in [4.78, 5) is 24.4. The standard InChI is InChI=1S/C18H18O4S/c1-2-15-8-10-17(23-15)16(19)9-5-13-3-6-14(7-4-13)22-12-11-18(20)21/h3-10H,2,11-12H2,1H3,(H,20,21)/b9-5+. The van der Waals surface area contributed by atoms with Gasteiger partial charge in [0.05, 0.1) is 17.9 Å². The predicted octanol–water partition coefficient (Wildman–Crippen LogP) is 4.06. The highest BCUT2D eigenvalue weighted by molar-refractivity contribution is 7.14. The maximum atomic E-state index is 12.1. The number of rotatable bonds is 8. The molecule has 0 fully saturated rings. The fraction of sp³-hybridized carbons (Fsp3) is 0.222. The van der Waals surface area contributed by atoms with Gasteiger partial charge in [0, 0.05) is 4.88 Å². The van der Waals surface area contributed by atoms with Gasteiger partial charge in [0.2, 0.25) is 0 Å². The molecule has 23 heavy (non-hydrogen) atoms. The maximum Gasteiger partial charge on any atom is 0.306 e. The number of allylic oxidation sites excluding steroid dienone is 1. The van der Waals surface area contributed by atoms with Gasteiger partial charge in [0.25, 0.3) is 0 Å². The highest BCUT2D eigenvalue weighted by atomic mass is 32.1. The molecule has 0 aliphatic heterocycles. The average molecular weight is 330 g/mol. The lowest BCUT2D eigenvalue weighted by Gasteiger charge is -2.04. The first-order valence-corrected chi connectivity index (χ1v) is 8.16. The molecule has 0 saturated carbocycles. The average Bonchev–Trinajstić information content (AvgIpc) is 3.02. The van der Waals surface area contributed by atoms with E-state index in [2.05, 4.69) is 6.92 Å². The number of ether oxygens (including phenoxy) is 1. The molecule has 1 N–H and O–H groups in total. The van der Waals surface area contributed by atoms with Gasteiger partial charge in [-0.05, 0) is 42.3 Å². The number of carboxylic acid groups (broad SMARTS) is 1. The zero-order valence-electron chi connectivity index (χ0n) is 12.8. The molecule has 0 unspecified atom stereocenters. The third-order valence-electron chi connectivity index (χ3n) is 3.14. The quantitative estimate of drug-likeness (QED) is 0.585. The van der Waals surface area contributed by atoms with Gasteiger partial charge in [-0.15, -0.1) is 11.3 Å². The van der Waals surface area contributed by atoms with Crippen LogP contribution in [0.25, 0.3) is 6.08 Å². The Morgan fingerprint density at radius 1 is 1.17 bits per heavy atom. The fourth-order valence-electron chi connectivity index (χ4n) is 1.89. The molecule has 2 rings (SSSR count). The Morgan fingerprint density at radius 3 is 2.52 bits per heavy atom. The molecule has 4 nitrogen and oxygen atoms in total. The molecule has 0 radical (unpaired) electrons. The Kier molecular flexibility index (Phi) is 6.11. The fourth-order valence-corrected chi connectivity index (χ4v) is 2.75. The van der Waals surface area contributed by atoms with Crippen LogP contribution in [0.4, 0.5) is 0 Å². The minimum absolute atomic E-state index is 0.00325.